The maximum absolute atomic E-state index is 14.1. The second kappa shape index (κ2) is 27.3. The van der Waals surface area contributed by atoms with Crippen LogP contribution < -0.4 is 20.7 Å². The third-order valence-electron chi connectivity index (χ3n) is 16.4. The minimum Gasteiger partial charge on any atom is -0.506 e. The number of hydrogen-bond donors (Lipinski definition) is 5. The summed E-state index contributed by atoms with van der Waals surface area (Å²) in [7, 11) is -12.7. The number of aromatic nitrogens is 1. The summed E-state index contributed by atoms with van der Waals surface area (Å²) in [5.74, 6) is -1.10. The summed E-state index contributed by atoms with van der Waals surface area (Å²) in [6, 6.07) is 27.6. The van der Waals surface area contributed by atoms with Crippen molar-refractivity contribution in [2.75, 3.05) is 69.1 Å². The Kier molecular flexibility index (Phi) is 20.2. The van der Waals surface area contributed by atoms with Gasteiger partial charge in [-0.2, -0.15) is 25.3 Å². The van der Waals surface area contributed by atoms with Gasteiger partial charge >= 0.3 is 0 Å². The van der Waals surface area contributed by atoms with Gasteiger partial charge in [0.25, 0.3) is 41.8 Å². The molecule has 0 unspecified atom stereocenters. The number of anilines is 2. The van der Waals surface area contributed by atoms with Crippen LogP contribution in [0.15, 0.2) is 164 Å². The molecule has 24 heteroatoms. The van der Waals surface area contributed by atoms with Crippen LogP contribution in [0, 0.1) is 0 Å². The van der Waals surface area contributed by atoms with E-state index < -0.39 is 62.4 Å². The van der Waals surface area contributed by atoms with Gasteiger partial charge in [-0.05, 0) is 107 Å². The minimum absolute atomic E-state index is 0.0585. The predicted molar refractivity (Wildman–Crippen MR) is 346 cm³/mol. The maximum Gasteiger partial charge on any atom is 0.295 e. The fourth-order valence-electron chi connectivity index (χ4n) is 12.0. The van der Waals surface area contributed by atoms with Crippen molar-refractivity contribution in [1.82, 2.24) is 9.88 Å². The molecule has 21 nitrogen and oxygen atoms in total. The van der Waals surface area contributed by atoms with Crippen molar-refractivity contribution < 1.29 is 67.8 Å². The molecule has 0 spiro atoms. The lowest BCUT2D eigenvalue weighted by Crippen LogP contribution is -2.38. The summed E-state index contributed by atoms with van der Waals surface area (Å²) in [5, 5.41) is 16.1. The Labute approximate surface area is 523 Å². The number of rotatable bonds is 27. The molecule has 6 aromatic carbocycles. The van der Waals surface area contributed by atoms with Crippen molar-refractivity contribution in [3.8, 4) is 5.75 Å². The number of fused-ring (bicyclic) bond motifs is 7. The largest absolute Gasteiger partial charge is 0.506 e. The number of nitrogens with zero attached hydrogens (tertiary/aromatic N) is 4. The highest BCUT2D eigenvalue weighted by molar-refractivity contribution is 7.87. The summed E-state index contributed by atoms with van der Waals surface area (Å²) >= 11 is 0. The van der Waals surface area contributed by atoms with Crippen molar-refractivity contribution in [2.45, 2.75) is 92.2 Å². The first kappa shape index (κ1) is 66.5. The molecule has 2 aliphatic heterocycles. The van der Waals surface area contributed by atoms with E-state index in [2.05, 4.69) is 10.2 Å². The van der Waals surface area contributed by atoms with Gasteiger partial charge < -0.3 is 39.0 Å². The van der Waals surface area contributed by atoms with Gasteiger partial charge in [-0.25, -0.2) is 0 Å². The number of amides is 2. The molecule has 0 radical (unpaired) electrons. The summed E-state index contributed by atoms with van der Waals surface area (Å²) in [4.78, 5) is 47.3. The Bertz CT molecular complexity index is 4480. The molecule has 0 bridgehead atoms. The van der Waals surface area contributed by atoms with Crippen LogP contribution in [0.5, 0.6) is 5.75 Å². The number of ether oxygens (including phenoxy) is 3. The van der Waals surface area contributed by atoms with E-state index in [9.17, 15) is 58.4 Å². The van der Waals surface area contributed by atoms with E-state index in [1.165, 1.54) is 27.7 Å². The molecule has 1 aromatic heterocycles. The highest BCUT2D eigenvalue weighted by Crippen LogP contribution is 2.52. The van der Waals surface area contributed by atoms with Crippen LogP contribution in [-0.2, 0) is 73.7 Å². The normalized spacial score (nSPS) is 15.2. The van der Waals surface area contributed by atoms with Gasteiger partial charge in [-0.1, -0.05) is 114 Å². The summed E-state index contributed by atoms with van der Waals surface area (Å²) in [5.41, 5.74) is 3.57. The first-order valence-corrected chi connectivity index (χ1v) is 33.7. The quantitative estimate of drug-likeness (QED) is 0.0182. The van der Waals surface area contributed by atoms with Crippen LogP contribution in [0.4, 0.5) is 17.1 Å². The van der Waals surface area contributed by atoms with Gasteiger partial charge in [0, 0.05) is 77.2 Å². The number of para-hydroxylation sites is 1. The van der Waals surface area contributed by atoms with Gasteiger partial charge in [0.05, 0.1) is 61.5 Å². The lowest BCUT2D eigenvalue weighted by molar-refractivity contribution is -0.121. The van der Waals surface area contributed by atoms with Crippen molar-refractivity contribution in [2.24, 2.45) is 12.0 Å². The number of aliphatic imine (C=N–C) groups is 1. The highest BCUT2D eigenvalue weighted by atomic mass is 32.2. The van der Waals surface area contributed by atoms with Crippen LogP contribution in [0.25, 0.3) is 32.4 Å². The molecule has 476 valence electrons. The number of unbranched alkanes of at least 4 members (excludes halogenated alkanes) is 2. The lowest BCUT2D eigenvalue weighted by atomic mass is 9.79. The lowest BCUT2D eigenvalue weighted by Gasteiger charge is -2.27. The maximum atomic E-state index is 14.1. The van der Waals surface area contributed by atoms with Crippen LogP contribution in [0.2, 0.25) is 0 Å². The Morgan fingerprint density at radius 1 is 0.678 bits per heavy atom. The third kappa shape index (κ3) is 14.0. The van der Waals surface area contributed by atoms with Crippen LogP contribution in [-0.4, -0.2) is 125 Å². The number of carbonyl (C=O) groups excluding carboxylic acids is 2. The molecular formula is C66H73N5O16S3. The van der Waals surface area contributed by atoms with E-state index in [0.29, 0.717) is 95.6 Å². The Morgan fingerprint density at radius 2 is 1.34 bits per heavy atom. The van der Waals surface area contributed by atoms with E-state index in [1.54, 1.807) is 67.7 Å². The van der Waals surface area contributed by atoms with Crippen molar-refractivity contribution >= 4 is 97.4 Å². The van der Waals surface area contributed by atoms with Crippen molar-refractivity contribution in [3.05, 3.63) is 172 Å². The number of nitrogens with one attached hydrogen (secondary N) is 1. The van der Waals surface area contributed by atoms with E-state index >= 15 is 0 Å². The van der Waals surface area contributed by atoms with Gasteiger partial charge in [0.2, 0.25) is 5.91 Å². The number of aromatic hydroxyl groups is 1. The molecule has 3 heterocycles. The van der Waals surface area contributed by atoms with Crippen LogP contribution >= 0.6 is 0 Å². The monoisotopic (exact) mass is 1290 g/mol. The zero-order chi connectivity index (χ0) is 64.9. The Morgan fingerprint density at radius 3 is 2.03 bits per heavy atom. The molecule has 90 heavy (non-hydrogen) atoms. The number of pyridine rings is 1. The predicted octanol–water partition coefficient (Wildman–Crippen LogP) is 10.1. The van der Waals surface area contributed by atoms with Gasteiger partial charge in [0.15, 0.2) is 0 Å². The van der Waals surface area contributed by atoms with Crippen LogP contribution in [0.3, 0.4) is 0 Å². The van der Waals surface area contributed by atoms with Gasteiger partial charge in [-0.15, -0.1) is 0 Å². The summed E-state index contributed by atoms with van der Waals surface area (Å²) in [6.45, 7) is 12.1. The van der Waals surface area contributed by atoms with Crippen molar-refractivity contribution in [3.63, 3.8) is 0 Å². The topological polar surface area (TPSA) is 298 Å². The van der Waals surface area contributed by atoms with Gasteiger partial charge in [0.1, 0.15) is 21.1 Å². The Hall–Kier alpha value is -7.91. The molecule has 0 atom stereocenters. The molecule has 7 aromatic rings. The first-order chi connectivity index (χ1) is 42.7. The molecule has 0 saturated heterocycles. The van der Waals surface area contributed by atoms with Gasteiger partial charge in [-0.3, -0.25) is 33.0 Å². The molecule has 5 N–H and O–H groups in total. The minimum atomic E-state index is -4.91. The van der Waals surface area contributed by atoms with E-state index in [0.717, 1.165) is 22.5 Å². The van der Waals surface area contributed by atoms with E-state index in [-0.39, 0.29) is 79.1 Å². The molecule has 2 amide bonds. The molecule has 0 aliphatic carbocycles. The smallest absolute Gasteiger partial charge is 0.295 e. The van der Waals surface area contributed by atoms with E-state index in [1.807, 2.05) is 83.2 Å². The zero-order valence-corrected chi connectivity index (χ0v) is 53.3. The second-order valence-corrected chi connectivity index (χ2v) is 27.2. The fourth-order valence-corrected chi connectivity index (χ4v) is 14.1. The average molecular weight is 1290 g/mol. The molecule has 0 saturated carbocycles. The first-order valence-electron chi connectivity index (χ1n) is 29.4. The zero-order valence-electron chi connectivity index (χ0n) is 50.8. The SMILES string of the molecule is CCc1cccc2c1c(O)c(C(=O)N(CCOCCOCCOCCNC(=O)CCCCCN1/C(=C/C=C/C=C/C3=Nc4ccc5c(S(=O)(=O)O)cc(S(=O)(=O)O)cc5c4C3(C)C)C(C)(C)c3c1ccc1c(S(=O)(=O)O)cccc31)c1ccccc1)c(=O)n2C. The average Bonchev–Trinajstić information content (AvgIpc) is 1.51. The third-order valence-corrected chi connectivity index (χ3v) is 19.1. The molecular weight excluding hydrogens is 1210 g/mol. The van der Waals surface area contributed by atoms with Crippen molar-refractivity contribution in [1.29, 1.82) is 0 Å². The second-order valence-electron chi connectivity index (χ2n) is 22.9. The molecule has 0 fully saturated rings. The number of carbonyl (C=O) groups is 2. The number of allylic oxidation sites excluding steroid dienone is 6. The summed E-state index contributed by atoms with van der Waals surface area (Å²) < 4.78 is 123. The molecule has 9 rings (SSSR count). The van der Waals surface area contributed by atoms with Crippen LogP contribution in [0.1, 0.15) is 87.4 Å². The highest BCUT2D eigenvalue weighted by Gasteiger charge is 2.42. The standard InChI is InChI=1S/C66H73N5O16S3/c1-7-43-19-17-23-51-58(43)62(73)59(63(74)69(51)6)64(75)70(44-20-11-8-12-21-44)34-36-86-38-40-87-39-37-85-35-32-67-57(72)27-15-10-16-33-71-52-31-29-46-48(22-18-24-53(46)89(79,80)81)61(52)66(4,5)56(71)26-14-9-13-25-55-65(2,3)60-49-41-45(88(76,77)78)42-54(90(82,83)84)47(49)28-30-50(60)68-55/h8-9,11-14,17-26,28-31,41-42,73H,7,10,15-16,27,32-40H2,1-6H3,(H,67,72)(H,76,77,78)(H,79,80,81)(H,82,83,84)/b14-9+,25-13+,56-26+. The van der Waals surface area contributed by atoms with E-state index in [4.69, 9.17) is 19.2 Å². The number of aryl methyl sites for hydroxylation is 2. The number of hydrogen-bond acceptors (Lipinski definition) is 15. The molecule has 2 aliphatic rings. The number of benzene rings is 6. The fraction of sp³-hybridized carbons (Fsp3) is 0.333. The Balaban J connectivity index is 0.745. The summed E-state index contributed by atoms with van der Waals surface area (Å²) in [6.07, 6.45) is 12.1.